The molecule has 0 amide bonds. The van der Waals surface area contributed by atoms with Crippen LogP contribution in [0.15, 0.2) is 78.9 Å². The maximum Gasteiger partial charge on any atom is 0.119 e. The van der Waals surface area contributed by atoms with E-state index in [1.165, 1.54) is 11.1 Å². The maximum absolute atomic E-state index is 9.36. The molecule has 4 rings (SSSR count). The van der Waals surface area contributed by atoms with Gasteiger partial charge in [-0.1, -0.05) is 66.7 Å². The van der Waals surface area contributed by atoms with Crippen LogP contribution in [0.1, 0.15) is 41.0 Å². The summed E-state index contributed by atoms with van der Waals surface area (Å²) in [6.07, 6.45) is 2.01. The molecule has 180 valence electrons. The van der Waals surface area contributed by atoms with Gasteiger partial charge in [0, 0.05) is 18.9 Å². The lowest BCUT2D eigenvalue weighted by Crippen LogP contribution is -2.40. The lowest BCUT2D eigenvalue weighted by molar-refractivity contribution is 0.0105. The van der Waals surface area contributed by atoms with Crippen LogP contribution in [0.5, 0.6) is 5.75 Å². The normalized spacial score (nSPS) is 18.0. The van der Waals surface area contributed by atoms with Crippen molar-refractivity contribution in [1.29, 1.82) is 0 Å². The summed E-state index contributed by atoms with van der Waals surface area (Å²) in [5, 5.41) is 12.8. The number of hydrogen-bond donors (Lipinski definition) is 2. The zero-order valence-corrected chi connectivity index (χ0v) is 19.7. The van der Waals surface area contributed by atoms with Crippen LogP contribution in [0.4, 0.5) is 0 Å². The standard InChI is InChI=1S/C29H35NO4/c31-20-24-8-4-9-25(18-24)22-34-29-19-30-15-14-28(29)26-10-12-27(13-11-26)33-17-5-16-32-21-23-6-2-1-3-7-23/h1-4,6-13,18,28-31H,5,14-17,19-22H2. The second-order valence-electron chi connectivity index (χ2n) is 8.74. The van der Waals surface area contributed by atoms with Gasteiger partial charge in [0.25, 0.3) is 0 Å². The molecule has 2 unspecified atom stereocenters. The average Bonchev–Trinajstić information content (AvgIpc) is 2.91. The van der Waals surface area contributed by atoms with Crippen LogP contribution in [0.2, 0.25) is 0 Å². The van der Waals surface area contributed by atoms with E-state index in [1.807, 2.05) is 42.5 Å². The Bertz CT molecular complexity index is 977. The van der Waals surface area contributed by atoms with Crippen LogP contribution in [0.25, 0.3) is 0 Å². The first kappa shape index (κ1) is 24.4. The first-order valence-corrected chi connectivity index (χ1v) is 12.2. The predicted molar refractivity (Wildman–Crippen MR) is 134 cm³/mol. The highest BCUT2D eigenvalue weighted by atomic mass is 16.5. The molecular formula is C29H35NO4. The third-order valence-corrected chi connectivity index (χ3v) is 6.19. The molecule has 0 spiro atoms. The van der Waals surface area contributed by atoms with Crippen molar-refractivity contribution in [3.05, 3.63) is 101 Å². The van der Waals surface area contributed by atoms with Crippen molar-refractivity contribution >= 4 is 0 Å². The highest BCUT2D eigenvalue weighted by Gasteiger charge is 2.27. The molecule has 1 saturated heterocycles. The zero-order valence-electron chi connectivity index (χ0n) is 19.7. The van der Waals surface area contributed by atoms with Crippen molar-refractivity contribution in [2.24, 2.45) is 0 Å². The molecule has 0 aliphatic carbocycles. The van der Waals surface area contributed by atoms with Gasteiger partial charge in [-0.2, -0.15) is 0 Å². The fourth-order valence-corrected chi connectivity index (χ4v) is 4.33. The van der Waals surface area contributed by atoms with E-state index in [-0.39, 0.29) is 12.7 Å². The Balaban J connectivity index is 1.21. The van der Waals surface area contributed by atoms with E-state index < -0.39 is 0 Å². The Hall–Kier alpha value is -2.70. The summed E-state index contributed by atoms with van der Waals surface area (Å²) in [4.78, 5) is 0. The minimum Gasteiger partial charge on any atom is -0.494 e. The van der Waals surface area contributed by atoms with Crippen LogP contribution in [0.3, 0.4) is 0 Å². The van der Waals surface area contributed by atoms with Crippen molar-refractivity contribution in [3.8, 4) is 5.75 Å². The van der Waals surface area contributed by atoms with Crippen LogP contribution in [-0.4, -0.2) is 37.5 Å². The zero-order chi connectivity index (χ0) is 23.4. The van der Waals surface area contributed by atoms with E-state index in [9.17, 15) is 5.11 Å². The largest absolute Gasteiger partial charge is 0.494 e. The molecule has 5 heteroatoms. The monoisotopic (exact) mass is 461 g/mol. The smallest absolute Gasteiger partial charge is 0.119 e. The van der Waals surface area contributed by atoms with Crippen molar-refractivity contribution < 1.29 is 19.3 Å². The van der Waals surface area contributed by atoms with Crippen molar-refractivity contribution in [2.45, 2.75) is 44.7 Å². The molecule has 1 heterocycles. The SMILES string of the molecule is OCc1cccc(COC2CNCCC2c2ccc(OCCCOCc3ccccc3)cc2)c1. The summed E-state index contributed by atoms with van der Waals surface area (Å²) in [6, 6.07) is 26.6. The number of benzene rings is 3. The third-order valence-electron chi connectivity index (χ3n) is 6.19. The molecule has 3 aromatic rings. The third kappa shape index (κ3) is 7.40. The highest BCUT2D eigenvalue weighted by Crippen LogP contribution is 2.29. The van der Waals surface area contributed by atoms with Gasteiger partial charge < -0.3 is 24.6 Å². The molecule has 1 fully saturated rings. The van der Waals surface area contributed by atoms with Gasteiger partial charge >= 0.3 is 0 Å². The quantitative estimate of drug-likeness (QED) is 0.379. The summed E-state index contributed by atoms with van der Waals surface area (Å²) in [6.45, 7) is 4.39. The Labute approximate surface area is 202 Å². The lowest BCUT2D eigenvalue weighted by Gasteiger charge is -2.32. The molecule has 0 aromatic heterocycles. The molecule has 3 aromatic carbocycles. The summed E-state index contributed by atoms with van der Waals surface area (Å²) in [7, 11) is 0. The van der Waals surface area contributed by atoms with Crippen LogP contribution < -0.4 is 10.1 Å². The number of aliphatic hydroxyl groups excluding tert-OH is 1. The fraction of sp³-hybridized carbons (Fsp3) is 0.379. The number of ether oxygens (including phenoxy) is 3. The van der Waals surface area contributed by atoms with E-state index in [0.717, 1.165) is 42.8 Å². The first-order valence-electron chi connectivity index (χ1n) is 12.2. The summed E-state index contributed by atoms with van der Waals surface area (Å²) >= 11 is 0. The number of piperidine rings is 1. The van der Waals surface area contributed by atoms with E-state index in [2.05, 4.69) is 41.7 Å². The minimum absolute atomic E-state index is 0.0522. The van der Waals surface area contributed by atoms with E-state index in [4.69, 9.17) is 14.2 Å². The Morgan fingerprint density at radius 3 is 2.44 bits per heavy atom. The second-order valence-corrected chi connectivity index (χ2v) is 8.74. The van der Waals surface area contributed by atoms with Gasteiger partial charge in [0.15, 0.2) is 0 Å². The Kier molecular flexibility index (Phi) is 9.52. The fourth-order valence-electron chi connectivity index (χ4n) is 4.33. The van der Waals surface area contributed by atoms with Gasteiger partial charge in [0.05, 0.1) is 39.1 Å². The minimum atomic E-state index is 0.0522. The molecular weight excluding hydrogens is 426 g/mol. The topological polar surface area (TPSA) is 60.0 Å². The second kappa shape index (κ2) is 13.3. The van der Waals surface area contributed by atoms with Crippen molar-refractivity contribution in [1.82, 2.24) is 5.32 Å². The van der Waals surface area contributed by atoms with Gasteiger partial charge in [-0.3, -0.25) is 0 Å². The van der Waals surface area contributed by atoms with E-state index in [0.29, 0.717) is 32.3 Å². The van der Waals surface area contributed by atoms with Gasteiger partial charge in [0.2, 0.25) is 0 Å². The maximum atomic E-state index is 9.36. The van der Waals surface area contributed by atoms with E-state index >= 15 is 0 Å². The predicted octanol–water partition coefficient (Wildman–Crippen LogP) is 4.83. The molecule has 34 heavy (non-hydrogen) atoms. The molecule has 5 nitrogen and oxygen atoms in total. The number of nitrogens with one attached hydrogen (secondary N) is 1. The van der Waals surface area contributed by atoms with Crippen LogP contribution >= 0.6 is 0 Å². The summed E-state index contributed by atoms with van der Waals surface area (Å²) < 4.78 is 17.9. The molecule has 2 atom stereocenters. The Morgan fingerprint density at radius 2 is 1.62 bits per heavy atom. The van der Waals surface area contributed by atoms with Gasteiger partial charge in [-0.15, -0.1) is 0 Å². The van der Waals surface area contributed by atoms with Crippen LogP contribution in [0, 0.1) is 0 Å². The molecule has 0 saturated carbocycles. The van der Waals surface area contributed by atoms with Crippen molar-refractivity contribution in [3.63, 3.8) is 0 Å². The highest BCUT2D eigenvalue weighted by molar-refractivity contribution is 5.30. The number of aliphatic hydroxyl groups is 1. The molecule has 1 aliphatic rings. The van der Waals surface area contributed by atoms with Gasteiger partial charge in [0.1, 0.15) is 5.75 Å². The Morgan fingerprint density at radius 1 is 0.824 bits per heavy atom. The number of hydrogen-bond acceptors (Lipinski definition) is 5. The molecule has 0 radical (unpaired) electrons. The number of rotatable bonds is 12. The summed E-state index contributed by atoms with van der Waals surface area (Å²) in [5.74, 6) is 1.24. The van der Waals surface area contributed by atoms with Crippen LogP contribution in [-0.2, 0) is 29.3 Å². The average molecular weight is 462 g/mol. The van der Waals surface area contributed by atoms with E-state index in [1.54, 1.807) is 0 Å². The van der Waals surface area contributed by atoms with Gasteiger partial charge in [-0.25, -0.2) is 0 Å². The van der Waals surface area contributed by atoms with Gasteiger partial charge in [-0.05, 0) is 47.4 Å². The molecule has 1 aliphatic heterocycles. The first-order chi connectivity index (χ1) is 16.8. The lowest BCUT2D eigenvalue weighted by atomic mass is 9.87. The summed E-state index contributed by atoms with van der Waals surface area (Å²) in [5.41, 5.74) is 4.48. The molecule has 2 N–H and O–H groups in total. The van der Waals surface area contributed by atoms with Crippen molar-refractivity contribution in [2.75, 3.05) is 26.3 Å². The molecule has 0 bridgehead atoms.